The molecule has 1 amide bonds. The minimum Gasteiger partial charge on any atom is -0.388 e. The molecule has 0 saturated carbocycles. The molecule has 0 spiro atoms. The Morgan fingerprint density at radius 1 is 1.50 bits per heavy atom. The molecule has 0 aromatic heterocycles. The van der Waals surface area contributed by atoms with Crippen LogP contribution in [-0.4, -0.2) is 23.2 Å². The molecule has 0 saturated heterocycles. The molecule has 0 aliphatic rings. The van der Waals surface area contributed by atoms with Crippen molar-refractivity contribution >= 4 is 21.8 Å². The lowest BCUT2D eigenvalue weighted by Gasteiger charge is -2.27. The van der Waals surface area contributed by atoms with Crippen LogP contribution in [0.2, 0.25) is 0 Å². The Morgan fingerprint density at radius 3 is 2.67 bits per heavy atom. The van der Waals surface area contributed by atoms with Crippen LogP contribution in [0, 0.1) is 12.8 Å². The second kappa shape index (κ2) is 5.85. The van der Waals surface area contributed by atoms with Gasteiger partial charge in [-0.05, 0) is 37.5 Å². The van der Waals surface area contributed by atoms with Crippen molar-refractivity contribution in [3.8, 4) is 0 Å². The van der Waals surface area contributed by atoms with Crippen LogP contribution in [0.5, 0.6) is 0 Å². The lowest BCUT2D eigenvalue weighted by atomic mass is 9.92. The Bertz CT molecular complexity index is 441. The Hall–Kier alpha value is -0.870. The molecule has 3 nitrogen and oxygen atoms in total. The predicted molar refractivity (Wildman–Crippen MR) is 76.7 cm³/mol. The van der Waals surface area contributed by atoms with Crippen molar-refractivity contribution in [2.24, 2.45) is 5.92 Å². The molecule has 0 aliphatic carbocycles. The molecule has 2 N–H and O–H groups in total. The van der Waals surface area contributed by atoms with Gasteiger partial charge in [0.15, 0.2) is 0 Å². The Morgan fingerprint density at radius 2 is 2.11 bits per heavy atom. The monoisotopic (exact) mass is 313 g/mol. The largest absolute Gasteiger partial charge is 0.388 e. The molecule has 0 fully saturated rings. The van der Waals surface area contributed by atoms with Gasteiger partial charge in [-0.1, -0.05) is 35.8 Å². The average molecular weight is 314 g/mol. The average Bonchev–Trinajstić information content (AvgIpc) is 2.29. The first-order valence-corrected chi connectivity index (χ1v) is 6.80. The fraction of sp³-hybridized carbons (Fsp3) is 0.500. The molecular formula is C14H20BrNO2. The lowest BCUT2D eigenvalue weighted by Crippen LogP contribution is -2.44. The van der Waals surface area contributed by atoms with Crippen LogP contribution in [0.3, 0.4) is 0 Å². The molecule has 0 bridgehead atoms. The minimum atomic E-state index is -0.893. The standard InChI is InChI=1S/C14H20BrNO2/c1-9(2)14(4,18)8-16-13(17)11-6-5-7-12(15)10(11)3/h5-7,9,18H,8H2,1-4H3,(H,16,17). The summed E-state index contributed by atoms with van der Waals surface area (Å²) in [5.74, 6) is -0.0730. The smallest absolute Gasteiger partial charge is 0.251 e. The number of hydrogen-bond donors (Lipinski definition) is 2. The van der Waals surface area contributed by atoms with Crippen molar-refractivity contribution < 1.29 is 9.90 Å². The molecule has 0 heterocycles. The quantitative estimate of drug-likeness (QED) is 0.898. The highest BCUT2D eigenvalue weighted by atomic mass is 79.9. The van der Waals surface area contributed by atoms with Gasteiger partial charge in [-0.3, -0.25) is 4.79 Å². The molecule has 1 rings (SSSR count). The van der Waals surface area contributed by atoms with Crippen molar-refractivity contribution in [2.45, 2.75) is 33.3 Å². The third-order valence-electron chi connectivity index (χ3n) is 3.36. The molecule has 1 unspecified atom stereocenters. The Balaban J connectivity index is 2.75. The van der Waals surface area contributed by atoms with E-state index in [1.807, 2.05) is 32.9 Å². The molecule has 0 aliphatic heterocycles. The first kappa shape index (κ1) is 15.2. The highest BCUT2D eigenvalue weighted by molar-refractivity contribution is 9.10. The van der Waals surface area contributed by atoms with Gasteiger partial charge in [0.05, 0.1) is 5.60 Å². The zero-order chi connectivity index (χ0) is 13.9. The number of nitrogens with one attached hydrogen (secondary N) is 1. The number of rotatable bonds is 4. The Labute approximate surface area is 117 Å². The summed E-state index contributed by atoms with van der Waals surface area (Å²) in [4.78, 5) is 12.0. The van der Waals surface area contributed by atoms with Crippen molar-refractivity contribution in [3.05, 3.63) is 33.8 Å². The van der Waals surface area contributed by atoms with Gasteiger partial charge in [0.25, 0.3) is 5.91 Å². The lowest BCUT2D eigenvalue weighted by molar-refractivity contribution is 0.0142. The van der Waals surface area contributed by atoms with Crippen molar-refractivity contribution in [1.29, 1.82) is 0 Å². The predicted octanol–water partition coefficient (Wildman–Crippen LogP) is 2.89. The minimum absolute atomic E-state index is 0.0846. The highest BCUT2D eigenvalue weighted by Gasteiger charge is 2.25. The second-order valence-corrected chi connectivity index (χ2v) is 5.96. The fourth-order valence-electron chi connectivity index (χ4n) is 1.41. The van der Waals surface area contributed by atoms with Crippen LogP contribution in [0.4, 0.5) is 0 Å². The normalized spacial score (nSPS) is 14.4. The first-order valence-electron chi connectivity index (χ1n) is 6.01. The molecule has 0 radical (unpaired) electrons. The third kappa shape index (κ3) is 3.56. The molecule has 1 aromatic carbocycles. The van der Waals surface area contributed by atoms with Gasteiger partial charge in [0.1, 0.15) is 0 Å². The fourth-order valence-corrected chi connectivity index (χ4v) is 1.78. The number of hydrogen-bond acceptors (Lipinski definition) is 2. The second-order valence-electron chi connectivity index (χ2n) is 5.11. The van der Waals surface area contributed by atoms with E-state index < -0.39 is 5.60 Å². The molecule has 100 valence electrons. The summed E-state index contributed by atoms with van der Waals surface area (Å²) in [6.45, 7) is 7.72. The van der Waals surface area contributed by atoms with E-state index >= 15 is 0 Å². The zero-order valence-electron chi connectivity index (χ0n) is 11.2. The molecular weight excluding hydrogens is 294 g/mol. The number of benzene rings is 1. The number of halogens is 1. The Kier molecular flexibility index (Phi) is 4.93. The van der Waals surface area contributed by atoms with Crippen LogP contribution >= 0.6 is 15.9 Å². The summed E-state index contributed by atoms with van der Waals surface area (Å²) in [5, 5.41) is 12.9. The van der Waals surface area contributed by atoms with Gasteiger partial charge >= 0.3 is 0 Å². The number of aliphatic hydroxyl groups is 1. The number of carbonyl (C=O) groups excluding carboxylic acids is 1. The first-order chi connectivity index (χ1) is 8.25. The van der Waals surface area contributed by atoms with E-state index in [4.69, 9.17) is 0 Å². The van der Waals surface area contributed by atoms with Gasteiger partial charge in [-0.25, -0.2) is 0 Å². The topological polar surface area (TPSA) is 49.3 Å². The molecule has 4 heteroatoms. The van der Waals surface area contributed by atoms with Gasteiger partial charge in [0, 0.05) is 16.6 Å². The van der Waals surface area contributed by atoms with E-state index in [1.165, 1.54) is 0 Å². The summed E-state index contributed by atoms with van der Waals surface area (Å²) in [6, 6.07) is 5.50. The maximum atomic E-state index is 12.0. The highest BCUT2D eigenvalue weighted by Crippen LogP contribution is 2.20. The molecule has 1 aromatic rings. The maximum Gasteiger partial charge on any atom is 0.251 e. The van der Waals surface area contributed by atoms with E-state index in [1.54, 1.807) is 13.0 Å². The van der Waals surface area contributed by atoms with Crippen LogP contribution < -0.4 is 5.32 Å². The van der Waals surface area contributed by atoms with E-state index in [9.17, 15) is 9.90 Å². The van der Waals surface area contributed by atoms with Crippen molar-refractivity contribution in [2.75, 3.05) is 6.54 Å². The van der Waals surface area contributed by atoms with Crippen molar-refractivity contribution in [1.82, 2.24) is 5.32 Å². The van der Waals surface area contributed by atoms with E-state index in [-0.39, 0.29) is 18.4 Å². The molecule has 18 heavy (non-hydrogen) atoms. The zero-order valence-corrected chi connectivity index (χ0v) is 12.8. The van der Waals surface area contributed by atoms with Crippen LogP contribution in [0.15, 0.2) is 22.7 Å². The van der Waals surface area contributed by atoms with Crippen LogP contribution in [0.1, 0.15) is 36.7 Å². The summed E-state index contributed by atoms with van der Waals surface area (Å²) in [7, 11) is 0. The van der Waals surface area contributed by atoms with E-state index in [0.717, 1.165) is 10.0 Å². The summed E-state index contributed by atoms with van der Waals surface area (Å²) in [5.41, 5.74) is 0.637. The van der Waals surface area contributed by atoms with Crippen LogP contribution in [-0.2, 0) is 0 Å². The summed E-state index contributed by atoms with van der Waals surface area (Å²) in [6.07, 6.45) is 0. The van der Waals surface area contributed by atoms with Crippen LogP contribution in [0.25, 0.3) is 0 Å². The van der Waals surface area contributed by atoms with E-state index in [2.05, 4.69) is 21.2 Å². The summed E-state index contributed by atoms with van der Waals surface area (Å²) < 4.78 is 0.908. The van der Waals surface area contributed by atoms with Gasteiger partial charge < -0.3 is 10.4 Å². The maximum absolute atomic E-state index is 12.0. The third-order valence-corrected chi connectivity index (χ3v) is 4.22. The van der Waals surface area contributed by atoms with Gasteiger partial charge in [-0.2, -0.15) is 0 Å². The molecule has 1 atom stereocenters. The number of carbonyl (C=O) groups is 1. The van der Waals surface area contributed by atoms with Gasteiger partial charge in [0.2, 0.25) is 0 Å². The van der Waals surface area contributed by atoms with Crippen molar-refractivity contribution in [3.63, 3.8) is 0 Å². The number of amides is 1. The SMILES string of the molecule is Cc1c(Br)cccc1C(=O)NCC(C)(O)C(C)C. The van der Waals surface area contributed by atoms with Gasteiger partial charge in [-0.15, -0.1) is 0 Å². The van der Waals surface area contributed by atoms with E-state index in [0.29, 0.717) is 5.56 Å². The summed E-state index contributed by atoms with van der Waals surface area (Å²) >= 11 is 3.40.